The number of rotatable bonds is 4. The van der Waals surface area contributed by atoms with E-state index in [2.05, 4.69) is 17.6 Å². The summed E-state index contributed by atoms with van der Waals surface area (Å²) in [5, 5.41) is 1.74. The van der Waals surface area contributed by atoms with Gasteiger partial charge in [-0.25, -0.2) is 0 Å². The number of halogens is 1. The number of aryl methyl sites for hydroxylation is 1. The van der Waals surface area contributed by atoms with E-state index in [9.17, 15) is 9.59 Å². The SMILES string of the molecule is CCc1cccc2c(C=C3C(=O)c4ccccc4C3=O)cn(Cc3ccccc3Cl)c12. The number of benzene rings is 3. The predicted octanol–water partition coefficient (Wildman–Crippen LogP) is 6.37. The molecule has 0 saturated heterocycles. The predicted molar refractivity (Wildman–Crippen MR) is 125 cm³/mol. The first-order valence-corrected chi connectivity index (χ1v) is 10.7. The van der Waals surface area contributed by atoms with Crippen LogP contribution in [0.25, 0.3) is 17.0 Å². The van der Waals surface area contributed by atoms with Crippen LogP contribution in [0.4, 0.5) is 0 Å². The van der Waals surface area contributed by atoms with Crippen LogP contribution in [0, 0.1) is 0 Å². The third kappa shape index (κ3) is 3.22. The van der Waals surface area contributed by atoms with Crippen molar-refractivity contribution in [1.82, 2.24) is 4.57 Å². The van der Waals surface area contributed by atoms with Crippen LogP contribution in [0.5, 0.6) is 0 Å². The van der Waals surface area contributed by atoms with E-state index in [1.807, 2.05) is 42.6 Å². The van der Waals surface area contributed by atoms with Crippen molar-refractivity contribution < 1.29 is 9.59 Å². The van der Waals surface area contributed by atoms with Crippen LogP contribution in [-0.2, 0) is 13.0 Å². The topological polar surface area (TPSA) is 39.1 Å². The van der Waals surface area contributed by atoms with Gasteiger partial charge in [0.15, 0.2) is 11.6 Å². The molecule has 31 heavy (non-hydrogen) atoms. The fourth-order valence-corrected chi connectivity index (χ4v) is 4.56. The highest BCUT2D eigenvalue weighted by Crippen LogP contribution is 2.32. The van der Waals surface area contributed by atoms with Gasteiger partial charge in [0.2, 0.25) is 0 Å². The lowest BCUT2D eigenvalue weighted by atomic mass is 10.0. The smallest absolute Gasteiger partial charge is 0.197 e. The Kier molecular flexibility index (Phi) is 4.84. The highest BCUT2D eigenvalue weighted by molar-refractivity contribution is 6.41. The average molecular weight is 426 g/mol. The monoisotopic (exact) mass is 425 g/mol. The van der Waals surface area contributed by atoms with E-state index in [0.29, 0.717) is 17.7 Å². The zero-order valence-corrected chi connectivity index (χ0v) is 17.8. The number of hydrogen-bond donors (Lipinski definition) is 0. The summed E-state index contributed by atoms with van der Waals surface area (Å²) < 4.78 is 2.17. The molecule has 1 aliphatic carbocycles. The Hall–Kier alpha value is -3.43. The maximum atomic E-state index is 12.9. The minimum Gasteiger partial charge on any atom is -0.342 e. The van der Waals surface area contributed by atoms with Crippen molar-refractivity contribution in [2.24, 2.45) is 0 Å². The average Bonchev–Trinajstić information content (AvgIpc) is 3.26. The molecule has 0 aliphatic heterocycles. The molecule has 1 aromatic heterocycles. The summed E-state index contributed by atoms with van der Waals surface area (Å²) in [6, 6.07) is 21.0. The van der Waals surface area contributed by atoms with Crippen molar-refractivity contribution in [3.8, 4) is 0 Å². The normalized spacial score (nSPS) is 13.2. The van der Waals surface area contributed by atoms with Crippen molar-refractivity contribution in [3.63, 3.8) is 0 Å². The van der Waals surface area contributed by atoms with Gasteiger partial charge in [-0.2, -0.15) is 0 Å². The highest BCUT2D eigenvalue weighted by Gasteiger charge is 2.32. The van der Waals surface area contributed by atoms with Gasteiger partial charge in [0, 0.05) is 39.8 Å². The number of Topliss-reactive ketones (excluding diaryl/α,β-unsaturated/α-hetero) is 2. The summed E-state index contributed by atoms with van der Waals surface area (Å²) in [7, 11) is 0. The fraction of sp³-hybridized carbons (Fsp3) is 0.111. The molecular formula is C27H20ClNO2. The number of hydrogen-bond acceptors (Lipinski definition) is 2. The van der Waals surface area contributed by atoms with E-state index in [0.717, 1.165) is 33.5 Å². The van der Waals surface area contributed by atoms with Crippen molar-refractivity contribution in [2.75, 3.05) is 0 Å². The van der Waals surface area contributed by atoms with Gasteiger partial charge >= 0.3 is 0 Å². The molecule has 0 amide bonds. The molecule has 0 radical (unpaired) electrons. The summed E-state index contributed by atoms with van der Waals surface area (Å²) in [6.07, 6.45) is 4.64. The molecule has 0 bridgehead atoms. The summed E-state index contributed by atoms with van der Waals surface area (Å²) >= 11 is 6.42. The Morgan fingerprint density at radius 1 is 0.839 bits per heavy atom. The Labute approximate surface area is 185 Å². The third-order valence-electron chi connectivity index (χ3n) is 5.90. The standard InChI is InChI=1S/C27H20ClNO2/c1-2-17-9-7-12-20-19(14-23-26(30)21-10-4-5-11-22(21)27(23)31)16-29(25(17)20)15-18-8-3-6-13-24(18)28/h3-14,16H,2,15H2,1H3. The third-order valence-corrected chi connectivity index (χ3v) is 6.27. The van der Waals surface area contributed by atoms with Crippen LogP contribution < -0.4 is 0 Å². The lowest BCUT2D eigenvalue weighted by molar-refractivity contribution is 0.0990. The van der Waals surface area contributed by atoms with Gasteiger partial charge in [0.05, 0.1) is 11.1 Å². The number of aromatic nitrogens is 1. The van der Waals surface area contributed by atoms with Gasteiger partial charge < -0.3 is 4.57 Å². The van der Waals surface area contributed by atoms with Crippen molar-refractivity contribution in [1.29, 1.82) is 0 Å². The highest BCUT2D eigenvalue weighted by atomic mass is 35.5. The lowest BCUT2D eigenvalue weighted by Crippen LogP contribution is -2.01. The maximum absolute atomic E-state index is 12.9. The summed E-state index contributed by atoms with van der Waals surface area (Å²) in [5.74, 6) is -0.418. The Balaban J connectivity index is 1.67. The van der Waals surface area contributed by atoms with Crippen molar-refractivity contribution >= 4 is 40.1 Å². The molecule has 0 N–H and O–H groups in total. The molecule has 4 aromatic rings. The van der Waals surface area contributed by atoms with E-state index >= 15 is 0 Å². The molecule has 152 valence electrons. The van der Waals surface area contributed by atoms with Crippen LogP contribution in [0.1, 0.15) is 44.3 Å². The van der Waals surface area contributed by atoms with Crippen molar-refractivity contribution in [2.45, 2.75) is 19.9 Å². The fourth-order valence-electron chi connectivity index (χ4n) is 4.36. The molecular weight excluding hydrogens is 406 g/mol. The quantitative estimate of drug-likeness (QED) is 0.281. The summed E-state index contributed by atoms with van der Waals surface area (Å²) in [6.45, 7) is 2.74. The van der Waals surface area contributed by atoms with Crippen LogP contribution in [0.3, 0.4) is 0 Å². The summed E-state index contributed by atoms with van der Waals surface area (Å²) in [5.41, 5.74) is 5.38. The Morgan fingerprint density at radius 3 is 2.16 bits per heavy atom. The molecule has 0 fully saturated rings. The van der Waals surface area contributed by atoms with E-state index in [4.69, 9.17) is 11.6 Å². The van der Waals surface area contributed by atoms with Gasteiger partial charge in [-0.1, -0.05) is 79.2 Å². The minimum absolute atomic E-state index is 0.209. The second-order valence-electron chi connectivity index (χ2n) is 7.73. The number of carbonyl (C=O) groups excluding carboxylic acids is 2. The van der Waals surface area contributed by atoms with Crippen molar-refractivity contribution in [3.05, 3.63) is 111 Å². The van der Waals surface area contributed by atoms with E-state index in [-0.39, 0.29) is 17.1 Å². The molecule has 4 heteroatoms. The minimum atomic E-state index is -0.209. The van der Waals surface area contributed by atoms with E-state index in [1.165, 1.54) is 5.56 Å². The molecule has 0 spiro atoms. The molecule has 3 nitrogen and oxygen atoms in total. The van der Waals surface area contributed by atoms with Gasteiger partial charge in [-0.05, 0) is 29.7 Å². The molecule has 0 unspecified atom stereocenters. The van der Waals surface area contributed by atoms with Crippen LogP contribution in [0.2, 0.25) is 5.02 Å². The lowest BCUT2D eigenvalue weighted by Gasteiger charge is -2.10. The number of carbonyl (C=O) groups is 2. The Morgan fingerprint density at radius 2 is 1.48 bits per heavy atom. The largest absolute Gasteiger partial charge is 0.342 e. The van der Waals surface area contributed by atoms with Gasteiger partial charge in [-0.3, -0.25) is 9.59 Å². The molecule has 1 aliphatic rings. The molecule has 5 rings (SSSR count). The van der Waals surface area contributed by atoms with Gasteiger partial charge in [0.1, 0.15) is 0 Å². The van der Waals surface area contributed by atoms with Gasteiger partial charge in [0.25, 0.3) is 0 Å². The molecule has 0 atom stereocenters. The second kappa shape index (κ2) is 7.68. The zero-order chi connectivity index (χ0) is 21.5. The first-order valence-electron chi connectivity index (χ1n) is 10.3. The van der Waals surface area contributed by atoms with E-state index < -0.39 is 0 Å². The number of fused-ring (bicyclic) bond motifs is 2. The molecule has 0 saturated carbocycles. The number of ketones is 2. The molecule has 1 heterocycles. The second-order valence-corrected chi connectivity index (χ2v) is 8.14. The van der Waals surface area contributed by atoms with Crippen LogP contribution in [-0.4, -0.2) is 16.1 Å². The number of para-hydroxylation sites is 1. The molecule has 3 aromatic carbocycles. The zero-order valence-electron chi connectivity index (χ0n) is 17.1. The van der Waals surface area contributed by atoms with E-state index in [1.54, 1.807) is 30.3 Å². The van der Waals surface area contributed by atoms with Crippen LogP contribution >= 0.6 is 11.6 Å². The van der Waals surface area contributed by atoms with Crippen LogP contribution in [0.15, 0.2) is 78.5 Å². The summed E-state index contributed by atoms with van der Waals surface area (Å²) in [4.78, 5) is 25.8. The maximum Gasteiger partial charge on any atom is 0.197 e. The first-order chi connectivity index (χ1) is 15.1. The number of nitrogens with zero attached hydrogens (tertiary/aromatic N) is 1. The Bertz CT molecular complexity index is 1360. The first kappa shape index (κ1) is 19.5. The number of allylic oxidation sites excluding steroid dienone is 1. The van der Waals surface area contributed by atoms with Gasteiger partial charge in [-0.15, -0.1) is 0 Å².